The number of fused-ring (bicyclic) bond motifs is 1. The minimum absolute atomic E-state index is 0.684. The third-order valence-corrected chi connectivity index (χ3v) is 4.44. The zero-order valence-electron chi connectivity index (χ0n) is 13.1. The second-order valence-corrected chi connectivity index (χ2v) is 6.04. The summed E-state index contributed by atoms with van der Waals surface area (Å²) in [7, 11) is 3.31. The Morgan fingerprint density at radius 2 is 1.91 bits per heavy atom. The number of ether oxygens (including phenoxy) is 2. The van der Waals surface area contributed by atoms with E-state index in [2.05, 4.69) is 39.4 Å². The summed E-state index contributed by atoms with van der Waals surface area (Å²) >= 11 is 3.58. The molecule has 120 valence electrons. The Labute approximate surface area is 143 Å². The number of halogens is 1. The predicted octanol–water partition coefficient (Wildman–Crippen LogP) is 4.50. The van der Waals surface area contributed by atoms with Gasteiger partial charge < -0.3 is 19.2 Å². The van der Waals surface area contributed by atoms with Crippen LogP contribution < -0.4 is 14.8 Å². The lowest BCUT2D eigenvalue weighted by molar-refractivity contribution is 0.389. The maximum atomic E-state index is 5.45. The molecule has 0 fully saturated rings. The highest BCUT2D eigenvalue weighted by Gasteiger charge is 2.10. The quantitative estimate of drug-likeness (QED) is 0.688. The van der Waals surface area contributed by atoms with E-state index < -0.39 is 0 Å². The van der Waals surface area contributed by atoms with Gasteiger partial charge in [0, 0.05) is 34.6 Å². The van der Waals surface area contributed by atoms with E-state index in [4.69, 9.17) is 13.9 Å². The molecule has 3 rings (SSSR count). The van der Waals surface area contributed by atoms with Crippen molar-refractivity contribution in [3.8, 4) is 11.5 Å². The van der Waals surface area contributed by atoms with Crippen LogP contribution in [-0.2, 0) is 13.1 Å². The first-order chi connectivity index (χ1) is 11.2. The van der Waals surface area contributed by atoms with Crippen molar-refractivity contribution in [2.45, 2.75) is 13.1 Å². The fraction of sp³-hybridized carbons (Fsp3) is 0.222. The summed E-state index contributed by atoms with van der Waals surface area (Å²) < 4.78 is 17.1. The SMILES string of the molecule is COc1cc(Br)c(CNCc2ccc3ccoc3c2)c(OC)c1. The largest absolute Gasteiger partial charge is 0.497 e. The second kappa shape index (κ2) is 7.06. The van der Waals surface area contributed by atoms with Crippen LogP contribution in [0.3, 0.4) is 0 Å². The molecule has 0 bridgehead atoms. The van der Waals surface area contributed by atoms with Gasteiger partial charge in [0.15, 0.2) is 0 Å². The van der Waals surface area contributed by atoms with Crippen molar-refractivity contribution >= 4 is 26.9 Å². The van der Waals surface area contributed by atoms with Crippen LogP contribution in [0.15, 0.2) is 51.6 Å². The van der Waals surface area contributed by atoms with Gasteiger partial charge in [-0.2, -0.15) is 0 Å². The molecule has 0 aliphatic rings. The van der Waals surface area contributed by atoms with Crippen molar-refractivity contribution in [1.29, 1.82) is 0 Å². The third kappa shape index (κ3) is 3.51. The summed E-state index contributed by atoms with van der Waals surface area (Å²) in [5, 5.41) is 4.55. The lowest BCUT2D eigenvalue weighted by Crippen LogP contribution is -2.14. The molecular formula is C18H18BrNO3. The van der Waals surface area contributed by atoms with Crippen molar-refractivity contribution in [1.82, 2.24) is 5.32 Å². The summed E-state index contributed by atoms with van der Waals surface area (Å²) in [6.07, 6.45) is 1.71. The van der Waals surface area contributed by atoms with E-state index in [0.717, 1.165) is 39.0 Å². The Kier molecular flexibility index (Phi) is 4.88. The van der Waals surface area contributed by atoms with Crippen LogP contribution >= 0.6 is 15.9 Å². The van der Waals surface area contributed by atoms with Gasteiger partial charge in [0.2, 0.25) is 0 Å². The van der Waals surface area contributed by atoms with Gasteiger partial charge in [0.1, 0.15) is 17.1 Å². The Balaban J connectivity index is 1.70. The van der Waals surface area contributed by atoms with Crippen molar-refractivity contribution in [3.63, 3.8) is 0 Å². The van der Waals surface area contributed by atoms with Gasteiger partial charge in [-0.3, -0.25) is 0 Å². The lowest BCUT2D eigenvalue weighted by atomic mass is 10.1. The number of rotatable bonds is 6. The highest BCUT2D eigenvalue weighted by atomic mass is 79.9. The van der Waals surface area contributed by atoms with E-state index in [9.17, 15) is 0 Å². The van der Waals surface area contributed by atoms with Crippen LogP contribution in [-0.4, -0.2) is 14.2 Å². The Morgan fingerprint density at radius 1 is 1.04 bits per heavy atom. The molecule has 0 aliphatic carbocycles. The van der Waals surface area contributed by atoms with Gasteiger partial charge in [-0.1, -0.05) is 28.1 Å². The highest BCUT2D eigenvalue weighted by molar-refractivity contribution is 9.10. The molecule has 0 atom stereocenters. The van der Waals surface area contributed by atoms with Crippen LogP contribution in [0.4, 0.5) is 0 Å². The molecule has 0 saturated heterocycles. The van der Waals surface area contributed by atoms with E-state index in [0.29, 0.717) is 6.54 Å². The zero-order chi connectivity index (χ0) is 16.2. The first-order valence-corrected chi connectivity index (χ1v) is 8.08. The highest BCUT2D eigenvalue weighted by Crippen LogP contribution is 2.32. The van der Waals surface area contributed by atoms with E-state index in [-0.39, 0.29) is 0 Å². The number of hydrogen-bond acceptors (Lipinski definition) is 4. The van der Waals surface area contributed by atoms with Gasteiger partial charge in [-0.05, 0) is 23.8 Å². The van der Waals surface area contributed by atoms with E-state index in [1.165, 1.54) is 5.56 Å². The molecule has 0 unspecified atom stereocenters. The summed E-state index contributed by atoms with van der Waals surface area (Å²) in [5.74, 6) is 1.56. The van der Waals surface area contributed by atoms with E-state index in [1.54, 1.807) is 20.5 Å². The lowest BCUT2D eigenvalue weighted by Gasteiger charge is -2.13. The minimum Gasteiger partial charge on any atom is -0.497 e. The molecule has 5 heteroatoms. The summed E-state index contributed by atoms with van der Waals surface area (Å²) in [6, 6.07) is 12.0. The molecule has 1 aromatic heterocycles. The topological polar surface area (TPSA) is 43.6 Å². The first-order valence-electron chi connectivity index (χ1n) is 7.28. The maximum Gasteiger partial charge on any atom is 0.134 e. The van der Waals surface area contributed by atoms with Gasteiger partial charge in [-0.25, -0.2) is 0 Å². The minimum atomic E-state index is 0.684. The fourth-order valence-corrected chi connectivity index (χ4v) is 3.06. The van der Waals surface area contributed by atoms with E-state index in [1.807, 2.05) is 18.2 Å². The van der Waals surface area contributed by atoms with Crippen LogP contribution in [0.5, 0.6) is 11.5 Å². The van der Waals surface area contributed by atoms with Crippen molar-refractivity contribution in [2.24, 2.45) is 0 Å². The standard InChI is InChI=1S/C18H18BrNO3/c1-21-14-8-16(19)15(18(9-14)22-2)11-20-10-12-3-4-13-5-6-23-17(13)7-12/h3-9,20H,10-11H2,1-2H3. The molecule has 4 nitrogen and oxygen atoms in total. The molecule has 1 N–H and O–H groups in total. The molecule has 0 spiro atoms. The van der Waals surface area contributed by atoms with Crippen molar-refractivity contribution in [3.05, 3.63) is 58.3 Å². The molecule has 2 aromatic carbocycles. The average Bonchev–Trinajstić information content (AvgIpc) is 3.03. The third-order valence-electron chi connectivity index (χ3n) is 3.74. The number of furan rings is 1. The number of benzene rings is 2. The van der Waals surface area contributed by atoms with Gasteiger partial charge in [0.05, 0.1) is 20.5 Å². The maximum absolute atomic E-state index is 5.45. The molecular weight excluding hydrogens is 358 g/mol. The number of hydrogen-bond donors (Lipinski definition) is 1. The fourth-order valence-electron chi connectivity index (χ4n) is 2.50. The monoisotopic (exact) mass is 375 g/mol. The van der Waals surface area contributed by atoms with Crippen LogP contribution in [0.2, 0.25) is 0 Å². The Hall–Kier alpha value is -1.98. The normalized spacial score (nSPS) is 10.9. The number of methoxy groups -OCH3 is 2. The first kappa shape index (κ1) is 15.9. The van der Waals surface area contributed by atoms with E-state index >= 15 is 0 Å². The van der Waals surface area contributed by atoms with Crippen LogP contribution in [0.1, 0.15) is 11.1 Å². The van der Waals surface area contributed by atoms with Crippen molar-refractivity contribution < 1.29 is 13.9 Å². The molecule has 0 amide bonds. The Bertz CT molecular complexity index is 813. The van der Waals surface area contributed by atoms with Gasteiger partial charge in [0.25, 0.3) is 0 Å². The van der Waals surface area contributed by atoms with Crippen LogP contribution in [0, 0.1) is 0 Å². The van der Waals surface area contributed by atoms with Crippen LogP contribution in [0.25, 0.3) is 11.0 Å². The summed E-state index contributed by atoms with van der Waals surface area (Å²) in [5.41, 5.74) is 3.15. The van der Waals surface area contributed by atoms with Gasteiger partial charge >= 0.3 is 0 Å². The summed E-state index contributed by atoms with van der Waals surface area (Å²) in [4.78, 5) is 0. The second-order valence-electron chi connectivity index (χ2n) is 5.19. The summed E-state index contributed by atoms with van der Waals surface area (Å²) in [6.45, 7) is 1.43. The molecule has 23 heavy (non-hydrogen) atoms. The predicted molar refractivity (Wildman–Crippen MR) is 94.0 cm³/mol. The molecule has 0 aliphatic heterocycles. The zero-order valence-corrected chi connectivity index (χ0v) is 14.6. The Morgan fingerprint density at radius 3 is 2.70 bits per heavy atom. The van der Waals surface area contributed by atoms with Gasteiger partial charge in [-0.15, -0.1) is 0 Å². The molecule has 1 heterocycles. The molecule has 0 radical (unpaired) electrons. The smallest absolute Gasteiger partial charge is 0.134 e. The molecule has 0 saturated carbocycles. The molecule has 3 aromatic rings. The van der Waals surface area contributed by atoms with Crippen molar-refractivity contribution in [2.75, 3.05) is 14.2 Å². The number of nitrogens with one attached hydrogen (secondary N) is 1. The average molecular weight is 376 g/mol.